The third-order valence-corrected chi connectivity index (χ3v) is 5.21. The zero-order valence-electron chi connectivity index (χ0n) is 18.3. The minimum Gasteiger partial charge on any atom is -0.507 e. The molecule has 3 aromatic rings. The van der Waals surface area contributed by atoms with E-state index in [1.807, 2.05) is 45.0 Å². The number of aromatic hydroxyl groups is 1. The van der Waals surface area contributed by atoms with Gasteiger partial charge in [-0.1, -0.05) is 17.3 Å². The second-order valence-electron chi connectivity index (χ2n) is 8.72. The standard InChI is InChI=1S/C24H24N4O4/c1-24(2,3)31-23(30)28-10-8-15-4-5-17(12-16(15)9-11-28)21-26-22(32-27-21)18-6-7-20(29)19(13-18)14-25/h4-7,12-13,29H,8-11H2,1-3H3. The van der Waals surface area contributed by atoms with Crippen LogP contribution in [0.5, 0.6) is 5.75 Å². The molecule has 4 rings (SSSR count). The Hall–Kier alpha value is -3.86. The van der Waals surface area contributed by atoms with E-state index < -0.39 is 5.60 Å². The highest BCUT2D eigenvalue weighted by Crippen LogP contribution is 2.28. The van der Waals surface area contributed by atoms with E-state index in [2.05, 4.69) is 10.1 Å². The number of nitrogens with zero attached hydrogens (tertiary/aromatic N) is 4. The Morgan fingerprint density at radius 2 is 1.84 bits per heavy atom. The van der Waals surface area contributed by atoms with Crippen LogP contribution in [-0.2, 0) is 17.6 Å². The minimum atomic E-state index is -0.523. The molecule has 1 N–H and O–H groups in total. The molecule has 0 spiro atoms. The van der Waals surface area contributed by atoms with Crippen LogP contribution in [0.1, 0.15) is 37.5 Å². The zero-order chi connectivity index (χ0) is 22.9. The van der Waals surface area contributed by atoms with Crippen molar-refractivity contribution in [3.63, 3.8) is 0 Å². The van der Waals surface area contributed by atoms with Crippen LogP contribution >= 0.6 is 0 Å². The lowest BCUT2D eigenvalue weighted by molar-refractivity contribution is 0.0258. The maximum atomic E-state index is 12.4. The van der Waals surface area contributed by atoms with Gasteiger partial charge in [-0.25, -0.2) is 4.79 Å². The van der Waals surface area contributed by atoms with Gasteiger partial charge in [0.25, 0.3) is 5.89 Å². The summed E-state index contributed by atoms with van der Waals surface area (Å²) in [5, 5.41) is 22.9. The maximum Gasteiger partial charge on any atom is 0.410 e. The second kappa shape index (κ2) is 8.35. The summed E-state index contributed by atoms with van der Waals surface area (Å²) in [5.74, 6) is 0.604. The average molecular weight is 432 g/mol. The van der Waals surface area contributed by atoms with Crippen LogP contribution in [0.4, 0.5) is 4.79 Å². The summed E-state index contributed by atoms with van der Waals surface area (Å²) in [6.07, 6.45) is 1.16. The van der Waals surface area contributed by atoms with E-state index in [4.69, 9.17) is 14.5 Å². The quantitative estimate of drug-likeness (QED) is 0.642. The van der Waals surface area contributed by atoms with Gasteiger partial charge in [0.15, 0.2) is 0 Å². The van der Waals surface area contributed by atoms with E-state index in [0.29, 0.717) is 30.9 Å². The molecule has 0 bridgehead atoms. The molecule has 2 aromatic carbocycles. The maximum absolute atomic E-state index is 12.4. The van der Waals surface area contributed by atoms with Crippen molar-refractivity contribution in [2.24, 2.45) is 0 Å². The van der Waals surface area contributed by atoms with Crippen LogP contribution in [0.25, 0.3) is 22.8 Å². The zero-order valence-corrected chi connectivity index (χ0v) is 18.3. The topological polar surface area (TPSA) is 112 Å². The third kappa shape index (κ3) is 4.57. The van der Waals surface area contributed by atoms with Gasteiger partial charge in [0.1, 0.15) is 17.4 Å². The number of aromatic nitrogens is 2. The number of ether oxygens (including phenoxy) is 1. The Bertz CT molecular complexity index is 1200. The largest absolute Gasteiger partial charge is 0.507 e. The first kappa shape index (κ1) is 21.4. The van der Waals surface area contributed by atoms with E-state index >= 15 is 0 Å². The number of hydrogen-bond acceptors (Lipinski definition) is 7. The molecule has 1 aromatic heterocycles. The summed E-state index contributed by atoms with van der Waals surface area (Å²) >= 11 is 0. The number of fused-ring (bicyclic) bond motifs is 1. The van der Waals surface area contributed by atoms with E-state index in [-0.39, 0.29) is 23.3 Å². The smallest absolute Gasteiger partial charge is 0.410 e. The average Bonchev–Trinajstić information content (AvgIpc) is 3.13. The number of rotatable bonds is 2. The van der Waals surface area contributed by atoms with Crippen LogP contribution in [0.2, 0.25) is 0 Å². The highest BCUT2D eigenvalue weighted by atomic mass is 16.6. The number of phenols is 1. The molecule has 8 nitrogen and oxygen atoms in total. The number of carbonyl (C=O) groups is 1. The van der Waals surface area contributed by atoms with Gasteiger partial charge in [-0.05, 0) is 69.0 Å². The van der Waals surface area contributed by atoms with Gasteiger partial charge in [0, 0.05) is 24.2 Å². The number of amides is 1. The molecule has 8 heteroatoms. The first-order valence-corrected chi connectivity index (χ1v) is 10.4. The fraction of sp³-hybridized carbons (Fsp3) is 0.333. The van der Waals surface area contributed by atoms with Gasteiger partial charge in [-0.3, -0.25) is 0 Å². The minimum absolute atomic E-state index is 0.0952. The predicted octanol–water partition coefficient (Wildman–Crippen LogP) is 4.32. The highest BCUT2D eigenvalue weighted by Gasteiger charge is 2.24. The molecule has 0 aliphatic carbocycles. The van der Waals surface area contributed by atoms with Crippen molar-refractivity contribution in [3.8, 4) is 34.7 Å². The lowest BCUT2D eigenvalue weighted by atomic mass is 10.00. The Balaban J connectivity index is 1.53. The molecule has 1 aliphatic rings. The SMILES string of the molecule is CC(C)(C)OC(=O)N1CCc2ccc(-c3noc(-c4ccc(O)c(C#N)c4)n3)cc2CC1. The van der Waals surface area contributed by atoms with Crippen molar-refractivity contribution in [1.29, 1.82) is 5.26 Å². The summed E-state index contributed by atoms with van der Waals surface area (Å²) in [7, 11) is 0. The molecule has 0 saturated heterocycles. The molecule has 32 heavy (non-hydrogen) atoms. The van der Waals surface area contributed by atoms with E-state index in [9.17, 15) is 9.90 Å². The van der Waals surface area contributed by atoms with E-state index in [1.54, 1.807) is 11.0 Å². The number of hydrogen-bond donors (Lipinski definition) is 1. The Morgan fingerprint density at radius 1 is 1.12 bits per heavy atom. The van der Waals surface area contributed by atoms with Crippen LogP contribution in [0, 0.1) is 11.3 Å². The molecule has 1 amide bonds. The highest BCUT2D eigenvalue weighted by molar-refractivity contribution is 5.68. The van der Waals surface area contributed by atoms with Gasteiger partial charge in [-0.2, -0.15) is 10.2 Å². The Morgan fingerprint density at radius 3 is 2.56 bits per heavy atom. The molecule has 0 unspecified atom stereocenters. The molecule has 0 fully saturated rings. The summed E-state index contributed by atoms with van der Waals surface area (Å²) in [5.41, 5.74) is 3.30. The summed E-state index contributed by atoms with van der Waals surface area (Å²) < 4.78 is 10.9. The molecule has 0 radical (unpaired) electrons. The molecular weight excluding hydrogens is 408 g/mol. The van der Waals surface area contributed by atoms with E-state index in [0.717, 1.165) is 17.5 Å². The number of benzene rings is 2. The first-order chi connectivity index (χ1) is 15.2. The summed E-state index contributed by atoms with van der Waals surface area (Å²) in [6.45, 7) is 6.77. The molecule has 0 atom stereocenters. The molecule has 1 aliphatic heterocycles. The van der Waals surface area contributed by atoms with Gasteiger partial charge >= 0.3 is 6.09 Å². The van der Waals surface area contributed by atoms with Crippen molar-refractivity contribution < 1.29 is 19.2 Å². The molecular formula is C24H24N4O4. The van der Waals surface area contributed by atoms with Gasteiger partial charge in [0.05, 0.1) is 5.56 Å². The number of phenolic OH excluding ortho intramolecular Hbond substituents is 1. The van der Waals surface area contributed by atoms with Crippen LogP contribution < -0.4 is 0 Å². The van der Waals surface area contributed by atoms with Gasteiger partial charge < -0.3 is 19.3 Å². The fourth-order valence-corrected chi connectivity index (χ4v) is 3.59. The van der Waals surface area contributed by atoms with Crippen molar-refractivity contribution >= 4 is 6.09 Å². The number of nitriles is 1. The van der Waals surface area contributed by atoms with Crippen LogP contribution in [-0.4, -0.2) is 44.9 Å². The normalized spacial score (nSPS) is 13.8. The monoisotopic (exact) mass is 432 g/mol. The van der Waals surface area contributed by atoms with E-state index in [1.165, 1.54) is 17.7 Å². The number of carbonyl (C=O) groups excluding carboxylic acids is 1. The van der Waals surface area contributed by atoms with Crippen LogP contribution in [0.3, 0.4) is 0 Å². The first-order valence-electron chi connectivity index (χ1n) is 10.4. The summed E-state index contributed by atoms with van der Waals surface area (Å²) in [6, 6.07) is 12.5. The van der Waals surface area contributed by atoms with Crippen molar-refractivity contribution in [3.05, 3.63) is 53.1 Å². The molecule has 0 saturated carbocycles. The van der Waals surface area contributed by atoms with Gasteiger partial charge in [-0.15, -0.1) is 0 Å². The van der Waals surface area contributed by atoms with Crippen molar-refractivity contribution in [1.82, 2.24) is 15.0 Å². The van der Waals surface area contributed by atoms with Crippen LogP contribution in [0.15, 0.2) is 40.9 Å². The lowest BCUT2D eigenvalue weighted by Crippen LogP contribution is -2.38. The van der Waals surface area contributed by atoms with Gasteiger partial charge in [0.2, 0.25) is 5.82 Å². The lowest BCUT2D eigenvalue weighted by Gasteiger charge is -2.26. The second-order valence-corrected chi connectivity index (χ2v) is 8.72. The summed E-state index contributed by atoms with van der Waals surface area (Å²) in [4.78, 5) is 18.6. The molecule has 164 valence electrons. The predicted molar refractivity (Wildman–Crippen MR) is 117 cm³/mol. The third-order valence-electron chi connectivity index (χ3n) is 5.21. The molecule has 2 heterocycles. The van der Waals surface area contributed by atoms with Crippen molar-refractivity contribution in [2.75, 3.05) is 13.1 Å². The Kier molecular flexibility index (Phi) is 5.57. The van der Waals surface area contributed by atoms with Crippen molar-refractivity contribution in [2.45, 2.75) is 39.2 Å². The fourth-order valence-electron chi connectivity index (χ4n) is 3.59. The Labute approximate surface area is 186 Å².